The van der Waals surface area contributed by atoms with E-state index in [1.165, 1.54) is 31.2 Å². The summed E-state index contributed by atoms with van der Waals surface area (Å²) >= 11 is 0. The van der Waals surface area contributed by atoms with Crippen LogP contribution in [0, 0.1) is 23.7 Å². The molecule has 0 saturated heterocycles. The number of terminal acetylenes is 1. The van der Waals surface area contributed by atoms with Crippen molar-refractivity contribution in [1.82, 2.24) is 0 Å². The number of fused-ring (bicyclic) bond motifs is 1. The fourth-order valence-corrected chi connectivity index (χ4v) is 3.49. The van der Waals surface area contributed by atoms with Crippen LogP contribution in [0.1, 0.15) is 38.5 Å². The number of rotatable bonds is 1. The molecule has 2 fully saturated rings. The first-order valence-electron chi connectivity index (χ1n) is 6.37. The van der Waals surface area contributed by atoms with E-state index in [0.29, 0.717) is 5.92 Å². The molecule has 1 aromatic rings. The maximum atomic E-state index is 7.18. The van der Waals surface area contributed by atoms with Gasteiger partial charge in [0.1, 0.15) is 1.37 Å². The molecule has 0 N–H and O–H groups in total. The summed E-state index contributed by atoms with van der Waals surface area (Å²) < 4.78 is 7.18. The van der Waals surface area contributed by atoms with Crippen molar-refractivity contribution in [2.45, 2.75) is 31.6 Å². The smallest absolute Gasteiger partial charge is 0.119 e. The van der Waals surface area contributed by atoms with Crippen molar-refractivity contribution in [2.75, 3.05) is 0 Å². The summed E-state index contributed by atoms with van der Waals surface area (Å²) in [6.45, 7) is 0. The van der Waals surface area contributed by atoms with Gasteiger partial charge in [-0.3, -0.25) is 0 Å². The maximum absolute atomic E-state index is 7.18. The lowest BCUT2D eigenvalue weighted by Crippen LogP contribution is -2.06. The Labute approximate surface area is 93.1 Å². The molecular weight excluding hydrogens is 180 g/mol. The van der Waals surface area contributed by atoms with Crippen molar-refractivity contribution in [2.24, 2.45) is 11.3 Å². The van der Waals surface area contributed by atoms with Gasteiger partial charge in [0.15, 0.2) is 0 Å². The van der Waals surface area contributed by atoms with Gasteiger partial charge in [-0.25, -0.2) is 0 Å². The highest BCUT2D eigenvalue weighted by Gasteiger charge is 2.64. The molecule has 0 aliphatic heterocycles. The zero-order chi connectivity index (χ0) is 11.0. The van der Waals surface area contributed by atoms with Crippen LogP contribution in [-0.2, 0) is 0 Å². The second-order valence-corrected chi connectivity index (χ2v) is 4.91. The first kappa shape index (κ1) is 7.99. The SMILES string of the molecule is [2H]C#C[C@@]12CCCC[C@@H]1[C@H]2c1ccccc1. The van der Waals surface area contributed by atoms with E-state index >= 15 is 0 Å². The topological polar surface area (TPSA) is 0 Å². The van der Waals surface area contributed by atoms with Crippen molar-refractivity contribution in [3.8, 4) is 12.3 Å². The molecule has 0 aromatic heterocycles. The zero-order valence-electron chi connectivity index (χ0n) is 9.87. The van der Waals surface area contributed by atoms with Gasteiger partial charge in [0.25, 0.3) is 0 Å². The lowest BCUT2D eigenvalue weighted by atomic mass is 9.88. The third kappa shape index (κ3) is 1.16. The molecule has 3 rings (SSSR count). The highest BCUT2D eigenvalue weighted by atomic mass is 14.7. The molecular formula is C15H16. The van der Waals surface area contributed by atoms with Crippen LogP contribution >= 0.6 is 0 Å². The average molecular weight is 197 g/mol. The lowest BCUT2D eigenvalue weighted by molar-refractivity contribution is 0.414. The molecule has 0 bridgehead atoms. The van der Waals surface area contributed by atoms with E-state index in [2.05, 4.69) is 42.7 Å². The highest BCUT2D eigenvalue weighted by Crippen LogP contribution is 2.70. The Morgan fingerprint density at radius 1 is 1.33 bits per heavy atom. The molecule has 0 amide bonds. The Balaban J connectivity index is 1.95. The van der Waals surface area contributed by atoms with Gasteiger partial charge >= 0.3 is 0 Å². The van der Waals surface area contributed by atoms with E-state index in [9.17, 15) is 0 Å². The van der Waals surface area contributed by atoms with Crippen LogP contribution in [0.5, 0.6) is 0 Å². The van der Waals surface area contributed by atoms with Crippen LogP contribution in [-0.4, -0.2) is 0 Å². The predicted octanol–water partition coefficient (Wildman–Crippen LogP) is 3.59. The average Bonchev–Trinajstić information content (AvgIpc) is 2.99. The first-order chi connectivity index (χ1) is 7.88. The van der Waals surface area contributed by atoms with Gasteiger partial charge in [0.2, 0.25) is 0 Å². The van der Waals surface area contributed by atoms with E-state index in [0.717, 1.165) is 5.92 Å². The fourth-order valence-electron chi connectivity index (χ4n) is 3.49. The number of benzene rings is 1. The lowest BCUT2D eigenvalue weighted by Gasteiger charge is -2.15. The third-order valence-corrected chi connectivity index (χ3v) is 4.26. The summed E-state index contributed by atoms with van der Waals surface area (Å²) in [5.41, 5.74) is 1.60. The third-order valence-electron chi connectivity index (χ3n) is 4.26. The van der Waals surface area contributed by atoms with Crippen LogP contribution in [0.3, 0.4) is 0 Å². The minimum Gasteiger partial charge on any atom is -0.119 e. The van der Waals surface area contributed by atoms with Crippen LogP contribution < -0.4 is 0 Å². The normalized spacial score (nSPS) is 38.3. The van der Waals surface area contributed by atoms with E-state index in [4.69, 9.17) is 1.37 Å². The Hall–Kier alpha value is -1.22. The fraction of sp³-hybridized carbons (Fsp3) is 0.467. The van der Waals surface area contributed by atoms with Gasteiger partial charge in [0.05, 0.1) is 0 Å². The standard InChI is InChI=1S/C15H16/c1-2-15-11-7-6-10-13(15)14(15)12-8-4-3-5-9-12/h1,3-5,8-9,13-14H,6-7,10-11H2/t13-,14-,15-/m1/s1/i1D. The molecule has 1 aromatic carbocycles. The van der Waals surface area contributed by atoms with Gasteiger partial charge < -0.3 is 0 Å². The van der Waals surface area contributed by atoms with Crippen molar-refractivity contribution in [3.05, 3.63) is 35.9 Å². The van der Waals surface area contributed by atoms with Crippen LogP contribution in [0.25, 0.3) is 0 Å². The summed E-state index contributed by atoms with van der Waals surface area (Å²) in [6, 6.07) is 10.7. The van der Waals surface area contributed by atoms with Crippen molar-refractivity contribution >= 4 is 0 Å². The minimum absolute atomic E-state index is 0.168. The molecule has 15 heavy (non-hydrogen) atoms. The van der Waals surface area contributed by atoms with Gasteiger partial charge in [-0.1, -0.05) is 49.1 Å². The summed E-state index contributed by atoms with van der Waals surface area (Å²) in [5.74, 6) is 4.53. The molecule has 2 aliphatic rings. The molecule has 0 nitrogen and oxygen atoms in total. The van der Waals surface area contributed by atoms with Gasteiger partial charge in [-0.05, 0) is 24.3 Å². The molecule has 0 spiro atoms. The van der Waals surface area contributed by atoms with Gasteiger partial charge in [-0.15, -0.1) is 6.40 Å². The second-order valence-electron chi connectivity index (χ2n) is 4.91. The zero-order valence-corrected chi connectivity index (χ0v) is 8.87. The predicted molar refractivity (Wildman–Crippen MR) is 62.4 cm³/mol. The molecule has 2 saturated carbocycles. The van der Waals surface area contributed by atoms with Gasteiger partial charge in [-0.2, -0.15) is 0 Å². The molecule has 0 radical (unpaired) electrons. The molecule has 3 atom stereocenters. The molecule has 76 valence electrons. The number of hydrogen-bond acceptors (Lipinski definition) is 0. The quantitative estimate of drug-likeness (QED) is 0.603. The van der Waals surface area contributed by atoms with Crippen molar-refractivity contribution < 1.29 is 1.37 Å². The summed E-state index contributed by atoms with van der Waals surface area (Å²) in [5, 5.41) is 0. The molecule has 0 unspecified atom stereocenters. The van der Waals surface area contributed by atoms with Crippen LogP contribution in [0.2, 0.25) is 0 Å². The van der Waals surface area contributed by atoms with Crippen molar-refractivity contribution in [1.29, 1.82) is 0 Å². The molecule has 0 heterocycles. The minimum atomic E-state index is 0.168. The molecule has 0 heteroatoms. The monoisotopic (exact) mass is 197 g/mol. The Morgan fingerprint density at radius 3 is 3.00 bits per heavy atom. The largest absolute Gasteiger partial charge is 0.124 e. The van der Waals surface area contributed by atoms with E-state index < -0.39 is 0 Å². The summed E-state index contributed by atoms with van der Waals surface area (Å²) in [6.07, 6.45) is 7.55. The number of hydrogen-bond donors (Lipinski definition) is 0. The molecule has 2 aliphatic carbocycles. The van der Waals surface area contributed by atoms with Crippen LogP contribution in [0.15, 0.2) is 30.3 Å². The second kappa shape index (κ2) is 3.14. The van der Waals surface area contributed by atoms with E-state index in [-0.39, 0.29) is 5.41 Å². The van der Waals surface area contributed by atoms with Crippen LogP contribution in [0.4, 0.5) is 0 Å². The Kier molecular flexibility index (Phi) is 1.67. The first-order valence-corrected chi connectivity index (χ1v) is 5.87. The van der Waals surface area contributed by atoms with Gasteiger partial charge in [0, 0.05) is 11.3 Å². The summed E-state index contributed by atoms with van der Waals surface area (Å²) in [7, 11) is 0. The van der Waals surface area contributed by atoms with E-state index in [1.54, 1.807) is 0 Å². The maximum Gasteiger partial charge on any atom is 0.124 e. The Bertz CT molecular complexity index is 439. The highest BCUT2D eigenvalue weighted by molar-refractivity contribution is 5.40. The van der Waals surface area contributed by atoms with Crippen molar-refractivity contribution in [3.63, 3.8) is 0 Å². The Morgan fingerprint density at radius 2 is 2.20 bits per heavy atom. The van der Waals surface area contributed by atoms with E-state index in [1.807, 2.05) is 0 Å². The summed E-state index contributed by atoms with van der Waals surface area (Å²) in [4.78, 5) is 0.